The van der Waals surface area contributed by atoms with Gasteiger partial charge in [-0.15, -0.1) is 0 Å². The molecule has 118 valence electrons. The summed E-state index contributed by atoms with van der Waals surface area (Å²) in [6.45, 7) is -0.786. The average molecular weight is 294 g/mol. The smallest absolute Gasteiger partial charge is 0.303 e. The van der Waals surface area contributed by atoms with Gasteiger partial charge in [0.25, 0.3) is 0 Å². The average Bonchev–Trinajstić information content (AvgIpc) is 2.36. The first-order valence-corrected chi connectivity index (χ1v) is 6.52. The van der Waals surface area contributed by atoms with Gasteiger partial charge < -0.3 is 35.4 Å². The van der Waals surface area contributed by atoms with E-state index in [1.807, 2.05) is 0 Å². The van der Waals surface area contributed by atoms with E-state index in [2.05, 4.69) is 0 Å². The Kier molecular flexibility index (Phi) is 6.31. The number of carboxylic acids is 1. The van der Waals surface area contributed by atoms with Gasteiger partial charge in [-0.25, -0.2) is 0 Å². The van der Waals surface area contributed by atoms with Crippen LogP contribution >= 0.6 is 0 Å². The maximum absolute atomic E-state index is 10.4. The first kappa shape index (κ1) is 17.3. The third-order valence-electron chi connectivity index (χ3n) is 3.58. The van der Waals surface area contributed by atoms with Crippen LogP contribution in [-0.2, 0) is 9.53 Å². The number of ether oxygens (including phenoxy) is 1. The Bertz CT molecular complexity index is 323. The van der Waals surface area contributed by atoms with E-state index in [0.29, 0.717) is 0 Å². The van der Waals surface area contributed by atoms with Gasteiger partial charge in [0.1, 0.15) is 23.9 Å². The Balaban J connectivity index is 2.58. The number of carboxylic acid groups (broad SMARTS) is 1. The summed E-state index contributed by atoms with van der Waals surface area (Å²) in [5, 5.41) is 57.3. The van der Waals surface area contributed by atoms with Gasteiger partial charge in [-0.1, -0.05) is 0 Å². The summed E-state index contributed by atoms with van der Waals surface area (Å²) in [4.78, 5) is 10.4. The minimum atomic E-state index is -1.99. The van der Waals surface area contributed by atoms with Crippen molar-refractivity contribution in [2.45, 2.75) is 55.7 Å². The molecular weight excluding hydrogens is 272 g/mol. The first-order valence-electron chi connectivity index (χ1n) is 6.52. The highest BCUT2D eigenvalue weighted by Crippen LogP contribution is 2.31. The van der Waals surface area contributed by atoms with E-state index in [1.54, 1.807) is 0 Å². The number of aliphatic hydroxyl groups excluding tert-OH is 4. The molecule has 0 aromatic carbocycles. The quantitative estimate of drug-likeness (QED) is 0.311. The van der Waals surface area contributed by atoms with Gasteiger partial charge in [-0.05, 0) is 12.8 Å². The number of aliphatic carboxylic acids is 1. The highest BCUT2D eigenvalue weighted by molar-refractivity contribution is 5.66. The zero-order valence-electron chi connectivity index (χ0n) is 11.1. The number of rotatable bonds is 7. The minimum Gasteiger partial charge on any atom is -0.481 e. The number of hydrogen-bond acceptors (Lipinski definition) is 7. The third kappa shape index (κ3) is 4.11. The molecule has 0 radical (unpaired) electrons. The van der Waals surface area contributed by atoms with Crippen molar-refractivity contribution in [2.24, 2.45) is 0 Å². The van der Waals surface area contributed by atoms with Gasteiger partial charge in [0, 0.05) is 12.8 Å². The van der Waals surface area contributed by atoms with E-state index >= 15 is 0 Å². The normalized spacial score (nSPS) is 35.8. The summed E-state index contributed by atoms with van der Waals surface area (Å²) < 4.78 is 4.97. The van der Waals surface area contributed by atoms with Crippen molar-refractivity contribution in [3.8, 4) is 0 Å². The predicted octanol–water partition coefficient (Wildman–Crippen LogP) is -2.16. The summed E-state index contributed by atoms with van der Waals surface area (Å²) in [6.07, 6.45) is -5.12. The van der Waals surface area contributed by atoms with Crippen LogP contribution in [0.25, 0.3) is 0 Å². The highest BCUT2D eigenvalue weighted by Gasteiger charge is 2.51. The Morgan fingerprint density at radius 3 is 2.60 bits per heavy atom. The van der Waals surface area contributed by atoms with Crippen LogP contribution in [0.15, 0.2) is 0 Å². The van der Waals surface area contributed by atoms with E-state index < -0.39 is 42.6 Å². The zero-order valence-corrected chi connectivity index (χ0v) is 11.1. The highest BCUT2D eigenvalue weighted by atomic mass is 16.5. The molecule has 0 aromatic heterocycles. The van der Waals surface area contributed by atoms with Crippen LogP contribution in [0.1, 0.15) is 25.7 Å². The lowest BCUT2D eigenvalue weighted by Gasteiger charge is -2.45. The van der Waals surface area contributed by atoms with Gasteiger partial charge in [0.15, 0.2) is 0 Å². The van der Waals surface area contributed by atoms with E-state index in [4.69, 9.17) is 14.9 Å². The van der Waals surface area contributed by atoms with Crippen LogP contribution < -0.4 is 0 Å². The SMILES string of the molecule is O=C(O)CCCC(O)C[C@]1(O)[C@@H](O)CO[C@H](CO)[C@@H]1O. The second-order valence-electron chi connectivity index (χ2n) is 5.15. The number of carbonyl (C=O) groups is 1. The van der Waals surface area contributed by atoms with E-state index in [-0.39, 0.29) is 32.3 Å². The maximum Gasteiger partial charge on any atom is 0.303 e. The van der Waals surface area contributed by atoms with Crippen molar-refractivity contribution in [3.05, 3.63) is 0 Å². The largest absolute Gasteiger partial charge is 0.481 e. The molecule has 1 aliphatic heterocycles. The summed E-state index contributed by atoms with van der Waals surface area (Å²) in [7, 11) is 0. The van der Waals surface area contributed by atoms with Crippen LogP contribution in [0.5, 0.6) is 0 Å². The van der Waals surface area contributed by atoms with Crippen LogP contribution in [-0.4, -0.2) is 79.8 Å². The molecule has 1 aliphatic rings. The van der Waals surface area contributed by atoms with Crippen LogP contribution in [0, 0.1) is 0 Å². The molecule has 1 fully saturated rings. The summed E-state index contributed by atoms with van der Waals surface area (Å²) in [6, 6.07) is 0. The molecule has 20 heavy (non-hydrogen) atoms. The van der Waals surface area contributed by atoms with Crippen molar-refractivity contribution in [1.82, 2.24) is 0 Å². The lowest BCUT2D eigenvalue weighted by Crippen LogP contribution is -2.64. The van der Waals surface area contributed by atoms with E-state index in [0.717, 1.165) is 0 Å². The maximum atomic E-state index is 10.4. The van der Waals surface area contributed by atoms with Crippen LogP contribution in [0.2, 0.25) is 0 Å². The zero-order chi connectivity index (χ0) is 15.3. The van der Waals surface area contributed by atoms with Gasteiger partial charge in [-0.3, -0.25) is 4.79 Å². The van der Waals surface area contributed by atoms with Crippen LogP contribution in [0.3, 0.4) is 0 Å². The lowest BCUT2D eigenvalue weighted by atomic mass is 9.80. The summed E-state index contributed by atoms with van der Waals surface area (Å²) in [5.74, 6) is -0.984. The summed E-state index contributed by atoms with van der Waals surface area (Å²) in [5.41, 5.74) is -1.99. The molecule has 6 N–H and O–H groups in total. The standard InChI is InChI=1S/C12H22O8/c13-5-8-11(18)12(19,9(15)6-20-8)4-7(14)2-1-3-10(16)17/h7-9,11,13-15,18-19H,1-6H2,(H,16,17)/t7?,8-,9+,11+,12+/m1/s1. The van der Waals surface area contributed by atoms with E-state index in [1.165, 1.54) is 0 Å². The molecule has 8 nitrogen and oxygen atoms in total. The number of aliphatic hydroxyl groups is 5. The Morgan fingerprint density at radius 1 is 1.40 bits per heavy atom. The van der Waals surface area contributed by atoms with Gasteiger partial charge in [0.05, 0.1) is 19.3 Å². The predicted molar refractivity (Wildman–Crippen MR) is 65.9 cm³/mol. The topological polar surface area (TPSA) is 148 Å². The number of hydrogen-bond donors (Lipinski definition) is 6. The monoisotopic (exact) mass is 294 g/mol. The Morgan fingerprint density at radius 2 is 2.05 bits per heavy atom. The molecule has 0 bridgehead atoms. The Labute approximate surface area is 116 Å². The van der Waals surface area contributed by atoms with Crippen molar-refractivity contribution in [1.29, 1.82) is 0 Å². The molecule has 1 rings (SSSR count). The molecule has 1 saturated heterocycles. The molecule has 0 saturated carbocycles. The van der Waals surface area contributed by atoms with Gasteiger partial charge in [0.2, 0.25) is 0 Å². The molecule has 0 spiro atoms. The molecule has 8 heteroatoms. The van der Waals surface area contributed by atoms with Crippen molar-refractivity contribution < 1.29 is 40.2 Å². The van der Waals surface area contributed by atoms with E-state index in [9.17, 15) is 25.2 Å². The van der Waals surface area contributed by atoms with Gasteiger partial charge in [-0.2, -0.15) is 0 Å². The molecule has 0 aliphatic carbocycles. The fourth-order valence-electron chi connectivity index (χ4n) is 2.35. The lowest BCUT2D eigenvalue weighted by molar-refractivity contribution is -0.255. The van der Waals surface area contributed by atoms with Gasteiger partial charge >= 0.3 is 5.97 Å². The molecule has 0 aromatic rings. The van der Waals surface area contributed by atoms with Crippen molar-refractivity contribution >= 4 is 5.97 Å². The fraction of sp³-hybridized carbons (Fsp3) is 0.917. The first-order chi connectivity index (χ1) is 9.31. The summed E-state index contributed by atoms with van der Waals surface area (Å²) >= 11 is 0. The Hall–Kier alpha value is -0.770. The van der Waals surface area contributed by atoms with Crippen molar-refractivity contribution in [3.63, 3.8) is 0 Å². The second-order valence-corrected chi connectivity index (χ2v) is 5.15. The van der Waals surface area contributed by atoms with Crippen LogP contribution in [0.4, 0.5) is 0 Å². The molecule has 5 atom stereocenters. The second kappa shape index (κ2) is 7.30. The molecule has 1 unspecified atom stereocenters. The third-order valence-corrected chi connectivity index (χ3v) is 3.58. The molecule has 0 amide bonds. The van der Waals surface area contributed by atoms with Crippen molar-refractivity contribution in [2.75, 3.05) is 13.2 Å². The molecule has 1 heterocycles. The fourth-order valence-corrected chi connectivity index (χ4v) is 2.35. The molecular formula is C12H22O8. The minimum absolute atomic E-state index is 0.108.